The van der Waals surface area contributed by atoms with Crippen LogP contribution in [0, 0.1) is 0 Å². The van der Waals surface area contributed by atoms with E-state index >= 15 is 0 Å². The number of hydrogen-bond acceptors (Lipinski definition) is 4. The molecule has 1 aliphatic rings. The summed E-state index contributed by atoms with van der Waals surface area (Å²) in [5.74, 6) is 0.322. The summed E-state index contributed by atoms with van der Waals surface area (Å²) in [4.78, 5) is 19.0. The van der Waals surface area contributed by atoms with Crippen molar-refractivity contribution in [2.24, 2.45) is 0 Å². The van der Waals surface area contributed by atoms with E-state index in [0.717, 1.165) is 28.5 Å². The molecule has 0 atom stereocenters. The number of nitrogens with zero attached hydrogens (tertiary/aromatic N) is 2. The first-order valence-electron chi connectivity index (χ1n) is 6.89. The molecule has 0 N–H and O–H groups in total. The first-order valence-corrected chi connectivity index (χ1v) is 7.71. The fourth-order valence-corrected chi connectivity index (χ4v) is 3.23. The second kappa shape index (κ2) is 5.83. The number of carbonyl (C=O) groups excluding carboxylic acids is 1. The molecular formula is C14H22N2OS. The van der Waals surface area contributed by atoms with Crippen molar-refractivity contribution in [2.45, 2.75) is 58.4 Å². The van der Waals surface area contributed by atoms with Gasteiger partial charge in [-0.2, -0.15) is 0 Å². The molecule has 1 fully saturated rings. The van der Waals surface area contributed by atoms with Gasteiger partial charge in [0.05, 0.1) is 10.6 Å². The van der Waals surface area contributed by atoms with Crippen LogP contribution in [0.2, 0.25) is 0 Å². The Morgan fingerprint density at radius 2 is 2.22 bits per heavy atom. The molecule has 0 aliphatic heterocycles. The van der Waals surface area contributed by atoms with Crippen molar-refractivity contribution in [1.82, 2.24) is 4.98 Å². The second-order valence-corrected chi connectivity index (χ2v) is 6.31. The van der Waals surface area contributed by atoms with E-state index in [2.05, 4.69) is 25.7 Å². The summed E-state index contributed by atoms with van der Waals surface area (Å²) in [6, 6.07) is 0.669. The lowest BCUT2D eigenvalue weighted by Gasteiger charge is -2.21. The molecule has 4 heteroatoms. The Morgan fingerprint density at radius 3 is 2.67 bits per heavy atom. The Morgan fingerprint density at radius 1 is 1.50 bits per heavy atom. The van der Waals surface area contributed by atoms with Gasteiger partial charge in [-0.15, -0.1) is 0 Å². The van der Waals surface area contributed by atoms with Gasteiger partial charge in [0.2, 0.25) is 0 Å². The third-order valence-corrected chi connectivity index (χ3v) is 4.34. The van der Waals surface area contributed by atoms with Gasteiger partial charge in [-0.1, -0.05) is 38.5 Å². The van der Waals surface area contributed by atoms with E-state index < -0.39 is 0 Å². The summed E-state index contributed by atoms with van der Waals surface area (Å²) in [5.41, 5.74) is 0.965. The minimum Gasteiger partial charge on any atom is -0.345 e. The Bertz CT molecular complexity index is 410. The van der Waals surface area contributed by atoms with Gasteiger partial charge in [-0.05, 0) is 25.2 Å². The van der Waals surface area contributed by atoms with E-state index in [1.807, 2.05) is 0 Å². The minimum absolute atomic E-state index is 0.322. The van der Waals surface area contributed by atoms with Crippen LogP contribution in [0.3, 0.4) is 0 Å². The van der Waals surface area contributed by atoms with Gasteiger partial charge in [0, 0.05) is 12.6 Å². The third-order valence-electron chi connectivity index (χ3n) is 3.31. The number of aromatic nitrogens is 1. The van der Waals surface area contributed by atoms with Crippen LogP contribution in [0.15, 0.2) is 0 Å². The summed E-state index contributed by atoms with van der Waals surface area (Å²) < 4.78 is 0. The number of carbonyl (C=O) groups is 1. The summed E-state index contributed by atoms with van der Waals surface area (Å²) in [6.07, 6.45) is 5.91. The lowest BCUT2D eigenvalue weighted by atomic mass is 10.1. The van der Waals surface area contributed by atoms with Crippen LogP contribution >= 0.6 is 11.3 Å². The Hall–Kier alpha value is -0.900. The summed E-state index contributed by atoms with van der Waals surface area (Å²) in [5, 5.41) is 1.05. The van der Waals surface area contributed by atoms with Crippen molar-refractivity contribution in [3.05, 3.63) is 10.6 Å². The second-order valence-electron chi connectivity index (χ2n) is 5.30. The maximum atomic E-state index is 11.1. The Balaban J connectivity index is 2.21. The Labute approximate surface area is 113 Å². The first-order chi connectivity index (χ1) is 8.67. The maximum Gasteiger partial charge on any atom is 0.186 e. The van der Waals surface area contributed by atoms with E-state index in [4.69, 9.17) is 4.98 Å². The molecule has 0 aromatic carbocycles. The van der Waals surface area contributed by atoms with Gasteiger partial charge in [0.1, 0.15) is 0 Å². The first kappa shape index (κ1) is 13.5. The largest absolute Gasteiger partial charge is 0.345 e. The predicted molar refractivity (Wildman–Crippen MR) is 76.9 cm³/mol. The van der Waals surface area contributed by atoms with Gasteiger partial charge in [-0.25, -0.2) is 4.98 Å². The third kappa shape index (κ3) is 2.91. The van der Waals surface area contributed by atoms with Gasteiger partial charge >= 0.3 is 0 Å². The standard InChI is InChI=1S/C14H22N2OS/c1-4-5-8-16(11-6-7-11)14-15-13(10(2)3)12(9-17)18-14/h9-11H,4-8H2,1-3H3. The van der Waals surface area contributed by atoms with Crippen molar-refractivity contribution in [3.63, 3.8) is 0 Å². The number of hydrogen-bond donors (Lipinski definition) is 0. The highest BCUT2D eigenvalue weighted by molar-refractivity contribution is 7.17. The minimum atomic E-state index is 0.322. The van der Waals surface area contributed by atoms with Gasteiger partial charge in [0.25, 0.3) is 0 Å². The predicted octanol–water partition coefficient (Wildman–Crippen LogP) is 3.85. The molecule has 0 bridgehead atoms. The van der Waals surface area contributed by atoms with E-state index in [-0.39, 0.29) is 0 Å². The van der Waals surface area contributed by atoms with Crippen molar-refractivity contribution >= 4 is 22.8 Å². The van der Waals surface area contributed by atoms with Gasteiger partial charge < -0.3 is 4.90 Å². The molecule has 0 amide bonds. The zero-order valence-corrected chi connectivity index (χ0v) is 12.3. The maximum absolute atomic E-state index is 11.1. The highest BCUT2D eigenvalue weighted by Gasteiger charge is 2.31. The molecule has 1 aromatic heterocycles. The van der Waals surface area contributed by atoms with Gasteiger partial charge in [-0.3, -0.25) is 4.79 Å². The van der Waals surface area contributed by atoms with Crippen LogP contribution < -0.4 is 4.90 Å². The molecule has 3 nitrogen and oxygen atoms in total. The normalized spacial score (nSPS) is 15.1. The quantitative estimate of drug-likeness (QED) is 0.703. The average Bonchev–Trinajstić information content (AvgIpc) is 3.08. The van der Waals surface area contributed by atoms with Crippen LogP contribution in [0.5, 0.6) is 0 Å². The average molecular weight is 266 g/mol. The van der Waals surface area contributed by atoms with Gasteiger partial charge in [0.15, 0.2) is 11.4 Å². The number of anilines is 1. The van der Waals surface area contributed by atoms with Crippen LogP contribution in [-0.4, -0.2) is 23.9 Å². The Kier molecular flexibility index (Phi) is 4.38. The zero-order chi connectivity index (χ0) is 13.1. The lowest BCUT2D eigenvalue weighted by molar-refractivity contribution is 0.112. The van der Waals surface area contributed by atoms with Crippen molar-refractivity contribution in [3.8, 4) is 0 Å². The molecule has 1 aromatic rings. The fourth-order valence-electron chi connectivity index (χ4n) is 2.10. The smallest absolute Gasteiger partial charge is 0.186 e. The topological polar surface area (TPSA) is 33.2 Å². The van der Waals surface area contributed by atoms with Crippen LogP contribution in [0.25, 0.3) is 0 Å². The van der Waals surface area contributed by atoms with E-state index in [1.54, 1.807) is 11.3 Å². The summed E-state index contributed by atoms with van der Waals surface area (Å²) in [6.45, 7) is 7.48. The molecule has 0 saturated heterocycles. The summed E-state index contributed by atoms with van der Waals surface area (Å²) in [7, 11) is 0. The van der Waals surface area contributed by atoms with E-state index in [9.17, 15) is 4.79 Å². The molecule has 0 unspecified atom stereocenters. The van der Waals surface area contributed by atoms with Crippen LogP contribution in [0.4, 0.5) is 5.13 Å². The van der Waals surface area contributed by atoms with Crippen molar-refractivity contribution in [2.75, 3.05) is 11.4 Å². The number of thiazole rings is 1. The number of aldehydes is 1. The molecule has 2 rings (SSSR count). The highest BCUT2D eigenvalue weighted by Crippen LogP contribution is 2.36. The SMILES string of the molecule is CCCCN(c1nc(C(C)C)c(C=O)s1)C1CC1. The summed E-state index contributed by atoms with van der Waals surface area (Å²) >= 11 is 1.56. The molecule has 1 heterocycles. The van der Waals surface area contributed by atoms with Crippen molar-refractivity contribution in [1.29, 1.82) is 0 Å². The molecule has 0 spiro atoms. The number of rotatable bonds is 7. The molecule has 18 heavy (non-hydrogen) atoms. The van der Waals surface area contributed by atoms with Crippen LogP contribution in [-0.2, 0) is 0 Å². The van der Waals surface area contributed by atoms with Crippen molar-refractivity contribution < 1.29 is 4.79 Å². The van der Waals surface area contributed by atoms with E-state index in [1.165, 1.54) is 25.7 Å². The zero-order valence-electron chi connectivity index (χ0n) is 11.5. The molecular weight excluding hydrogens is 244 g/mol. The van der Waals surface area contributed by atoms with E-state index in [0.29, 0.717) is 12.0 Å². The lowest BCUT2D eigenvalue weighted by Crippen LogP contribution is -2.26. The molecule has 0 radical (unpaired) electrons. The van der Waals surface area contributed by atoms with Crippen LogP contribution in [0.1, 0.15) is 67.7 Å². The molecule has 100 valence electrons. The molecule has 1 saturated carbocycles. The fraction of sp³-hybridized carbons (Fsp3) is 0.714. The number of unbranched alkanes of at least 4 members (excludes halogenated alkanes) is 1. The monoisotopic (exact) mass is 266 g/mol. The molecule has 1 aliphatic carbocycles. The highest BCUT2D eigenvalue weighted by atomic mass is 32.1.